The molecule has 0 aliphatic carbocycles. The van der Waals surface area contributed by atoms with E-state index in [-0.39, 0.29) is 22.9 Å². The standard InChI is InChI=1S/C18H15FN4O3/c1-2-25-14-3-4-22-17(8-14)18(24)23-13-5-12(19)6-15(7-13)26-16-9-20-11-21-10-16/h3-11H,2H2,1H3,(H,23,24)/i2D2. The molecule has 0 unspecified atom stereocenters. The maximum absolute atomic E-state index is 13.9. The van der Waals surface area contributed by atoms with E-state index in [1.807, 2.05) is 0 Å². The molecule has 3 aromatic rings. The number of amides is 1. The first-order chi connectivity index (χ1) is 13.3. The predicted octanol–water partition coefficient (Wildman–Crippen LogP) is 3.45. The number of carbonyl (C=O) groups is 1. The highest BCUT2D eigenvalue weighted by molar-refractivity contribution is 6.03. The van der Waals surface area contributed by atoms with Crippen molar-refractivity contribution < 1.29 is 21.4 Å². The van der Waals surface area contributed by atoms with Gasteiger partial charge < -0.3 is 14.8 Å². The fourth-order valence-electron chi connectivity index (χ4n) is 2.08. The Morgan fingerprint density at radius 3 is 2.77 bits per heavy atom. The number of hydrogen-bond acceptors (Lipinski definition) is 6. The summed E-state index contributed by atoms with van der Waals surface area (Å²) in [6, 6.07) is 6.41. The number of pyridine rings is 1. The van der Waals surface area contributed by atoms with Gasteiger partial charge in [0.25, 0.3) is 5.91 Å². The molecule has 1 amide bonds. The van der Waals surface area contributed by atoms with Crippen molar-refractivity contribution >= 4 is 11.6 Å². The molecule has 132 valence electrons. The molecule has 0 aliphatic rings. The van der Waals surface area contributed by atoms with Crippen molar-refractivity contribution in [3.05, 3.63) is 66.8 Å². The zero-order valence-corrected chi connectivity index (χ0v) is 13.6. The van der Waals surface area contributed by atoms with Crippen molar-refractivity contribution in [1.29, 1.82) is 0 Å². The van der Waals surface area contributed by atoms with Crippen LogP contribution in [0, 0.1) is 5.82 Å². The van der Waals surface area contributed by atoms with Crippen molar-refractivity contribution in [1.82, 2.24) is 15.0 Å². The van der Waals surface area contributed by atoms with Crippen molar-refractivity contribution in [2.24, 2.45) is 0 Å². The Labute approximate surface area is 151 Å². The minimum atomic E-state index is -1.91. The molecule has 3 rings (SSSR count). The second-order valence-corrected chi connectivity index (χ2v) is 4.99. The topological polar surface area (TPSA) is 86.2 Å². The molecule has 0 atom stereocenters. The summed E-state index contributed by atoms with van der Waals surface area (Å²) < 4.78 is 39.3. The molecule has 0 bridgehead atoms. The Balaban J connectivity index is 1.76. The molecule has 1 aromatic carbocycles. The molecular weight excluding hydrogens is 339 g/mol. The largest absolute Gasteiger partial charge is 0.494 e. The van der Waals surface area contributed by atoms with Crippen LogP contribution >= 0.6 is 0 Å². The van der Waals surface area contributed by atoms with Gasteiger partial charge in [0, 0.05) is 30.1 Å². The Morgan fingerprint density at radius 1 is 1.19 bits per heavy atom. The highest BCUT2D eigenvalue weighted by atomic mass is 19.1. The van der Waals surface area contributed by atoms with E-state index in [1.165, 1.54) is 50.0 Å². The normalized spacial score (nSPS) is 11.9. The molecule has 8 heteroatoms. The van der Waals surface area contributed by atoms with Gasteiger partial charge in [-0.05, 0) is 19.1 Å². The van der Waals surface area contributed by atoms with Gasteiger partial charge in [0.2, 0.25) is 0 Å². The number of rotatable bonds is 6. The summed E-state index contributed by atoms with van der Waals surface area (Å²) in [5.41, 5.74) is 0.126. The van der Waals surface area contributed by atoms with Crippen molar-refractivity contribution in [2.75, 3.05) is 11.9 Å². The monoisotopic (exact) mass is 356 g/mol. The number of anilines is 1. The summed E-state index contributed by atoms with van der Waals surface area (Å²) in [5, 5.41) is 2.51. The number of nitrogens with zero attached hydrogens (tertiary/aromatic N) is 3. The lowest BCUT2D eigenvalue weighted by Gasteiger charge is -2.09. The van der Waals surface area contributed by atoms with Gasteiger partial charge in [-0.15, -0.1) is 0 Å². The fraction of sp³-hybridized carbons (Fsp3) is 0.111. The van der Waals surface area contributed by atoms with Crippen LogP contribution in [0.1, 0.15) is 20.2 Å². The molecule has 7 nitrogen and oxygen atoms in total. The smallest absolute Gasteiger partial charge is 0.274 e. The van der Waals surface area contributed by atoms with E-state index in [2.05, 4.69) is 20.3 Å². The summed E-state index contributed by atoms with van der Waals surface area (Å²) in [6.07, 6.45) is 5.47. The van der Waals surface area contributed by atoms with Crippen LogP contribution < -0.4 is 14.8 Å². The van der Waals surface area contributed by atoms with Crippen LogP contribution in [0.5, 0.6) is 17.2 Å². The third-order valence-corrected chi connectivity index (χ3v) is 3.09. The van der Waals surface area contributed by atoms with E-state index < -0.39 is 18.3 Å². The van der Waals surface area contributed by atoms with Crippen molar-refractivity contribution in [3.63, 3.8) is 0 Å². The second-order valence-electron chi connectivity index (χ2n) is 4.99. The van der Waals surface area contributed by atoms with Crippen molar-refractivity contribution in [2.45, 2.75) is 6.92 Å². The number of nitrogens with one attached hydrogen (secondary N) is 1. The highest BCUT2D eigenvalue weighted by Gasteiger charge is 2.11. The summed E-state index contributed by atoms with van der Waals surface area (Å²) in [6.45, 7) is -0.676. The van der Waals surface area contributed by atoms with Gasteiger partial charge in [0.15, 0.2) is 5.75 Å². The number of hydrogen-bond donors (Lipinski definition) is 1. The van der Waals surface area contributed by atoms with Gasteiger partial charge in [-0.1, -0.05) is 0 Å². The molecule has 0 fully saturated rings. The molecular formula is C18H15FN4O3. The molecule has 0 saturated heterocycles. The van der Waals surface area contributed by atoms with Gasteiger partial charge in [0.1, 0.15) is 29.3 Å². The van der Waals surface area contributed by atoms with Gasteiger partial charge in [0.05, 0.1) is 21.7 Å². The molecule has 0 saturated carbocycles. The fourth-order valence-corrected chi connectivity index (χ4v) is 2.08. The number of halogens is 1. The van der Waals surface area contributed by atoms with E-state index in [0.717, 1.165) is 12.1 Å². The molecule has 0 aliphatic heterocycles. The first-order valence-corrected chi connectivity index (χ1v) is 7.48. The van der Waals surface area contributed by atoms with E-state index in [4.69, 9.17) is 12.2 Å². The maximum atomic E-state index is 13.9. The van der Waals surface area contributed by atoms with E-state index in [1.54, 1.807) is 0 Å². The second kappa shape index (κ2) is 8.02. The zero-order valence-electron chi connectivity index (χ0n) is 15.6. The lowest BCUT2D eigenvalue weighted by atomic mass is 10.2. The van der Waals surface area contributed by atoms with Crippen LogP contribution in [-0.2, 0) is 0 Å². The van der Waals surface area contributed by atoms with E-state index >= 15 is 0 Å². The molecule has 26 heavy (non-hydrogen) atoms. The summed E-state index contributed by atoms with van der Waals surface area (Å²) in [5.74, 6) is -0.643. The Morgan fingerprint density at radius 2 is 2.00 bits per heavy atom. The minimum Gasteiger partial charge on any atom is -0.494 e. The highest BCUT2D eigenvalue weighted by Crippen LogP contribution is 2.25. The van der Waals surface area contributed by atoms with Crippen LogP contribution in [0.25, 0.3) is 0 Å². The predicted molar refractivity (Wildman–Crippen MR) is 91.9 cm³/mol. The Kier molecular flexibility index (Phi) is 4.55. The average molecular weight is 356 g/mol. The molecule has 0 spiro atoms. The zero-order chi connectivity index (χ0) is 20.1. The molecule has 1 N–H and O–H groups in total. The quantitative estimate of drug-likeness (QED) is 0.728. The Bertz CT molecular complexity index is 984. The Hall–Kier alpha value is -3.55. The van der Waals surface area contributed by atoms with Crippen LogP contribution in [0.2, 0.25) is 0 Å². The lowest BCUT2D eigenvalue weighted by molar-refractivity contribution is 0.102. The first-order valence-electron chi connectivity index (χ1n) is 8.48. The molecule has 0 radical (unpaired) electrons. The number of ether oxygens (including phenoxy) is 2. The first kappa shape index (κ1) is 14.8. The third-order valence-electron chi connectivity index (χ3n) is 3.09. The van der Waals surface area contributed by atoms with Gasteiger partial charge in [-0.3, -0.25) is 9.78 Å². The van der Waals surface area contributed by atoms with Crippen LogP contribution in [0.15, 0.2) is 55.2 Å². The lowest BCUT2D eigenvalue weighted by Crippen LogP contribution is -2.14. The average Bonchev–Trinajstić information content (AvgIpc) is 2.61. The molecule has 2 aromatic heterocycles. The number of aromatic nitrogens is 3. The number of carbonyl (C=O) groups excluding carboxylic acids is 1. The SMILES string of the molecule is [2H]C([2H])(C)Oc1ccnc(C(=O)Nc2cc(F)cc(Oc3cncnc3)c2)c1. The van der Waals surface area contributed by atoms with Crippen molar-refractivity contribution in [3.8, 4) is 17.2 Å². The van der Waals surface area contributed by atoms with Crippen LogP contribution in [0.3, 0.4) is 0 Å². The van der Waals surface area contributed by atoms with E-state index in [0.29, 0.717) is 5.75 Å². The summed E-state index contributed by atoms with van der Waals surface area (Å²) in [7, 11) is 0. The number of benzene rings is 1. The molecule has 2 heterocycles. The van der Waals surface area contributed by atoms with E-state index in [9.17, 15) is 9.18 Å². The van der Waals surface area contributed by atoms with Gasteiger partial charge >= 0.3 is 0 Å². The third kappa shape index (κ3) is 4.50. The van der Waals surface area contributed by atoms with Crippen LogP contribution in [0.4, 0.5) is 10.1 Å². The minimum absolute atomic E-state index is 0.0232. The van der Waals surface area contributed by atoms with Crippen LogP contribution in [-0.4, -0.2) is 27.4 Å². The summed E-state index contributed by atoms with van der Waals surface area (Å²) in [4.78, 5) is 23.9. The van der Waals surface area contributed by atoms with Gasteiger partial charge in [-0.25, -0.2) is 14.4 Å². The van der Waals surface area contributed by atoms with Gasteiger partial charge in [-0.2, -0.15) is 0 Å². The summed E-state index contributed by atoms with van der Waals surface area (Å²) >= 11 is 0. The maximum Gasteiger partial charge on any atom is 0.274 e.